The first-order valence-electron chi connectivity index (χ1n) is 9.99. The fourth-order valence-corrected chi connectivity index (χ4v) is 4.20. The van der Waals surface area contributed by atoms with E-state index in [1.54, 1.807) is 0 Å². The highest BCUT2D eigenvalue weighted by molar-refractivity contribution is 8.14. The summed E-state index contributed by atoms with van der Waals surface area (Å²) < 4.78 is 50.9. The van der Waals surface area contributed by atoms with E-state index in [0.29, 0.717) is 62.6 Å². The highest BCUT2D eigenvalue weighted by atomic mass is 32.2. The summed E-state index contributed by atoms with van der Waals surface area (Å²) in [4.78, 5) is 36.1. The lowest BCUT2D eigenvalue weighted by Gasteiger charge is -2.16. The average Bonchev–Trinajstić information content (AvgIpc) is 3.02. The molecule has 3 rings (SSSR count). The molecule has 2 aromatic rings. The number of halogens is 3. The molecule has 0 unspecified atom stereocenters. The zero-order valence-electron chi connectivity index (χ0n) is 16.9. The van der Waals surface area contributed by atoms with Gasteiger partial charge in [0.05, 0.1) is 17.9 Å². The minimum atomic E-state index is -4.67. The Labute approximate surface area is 180 Å². The summed E-state index contributed by atoms with van der Waals surface area (Å²) in [6, 6.07) is 3.20. The van der Waals surface area contributed by atoms with Crippen LogP contribution in [0.25, 0.3) is 11.0 Å². The molecule has 1 aromatic carbocycles. The number of fused-ring (bicyclic) bond motifs is 1. The SMILES string of the molecule is CCCc1c(OCCCCCN2C(=O)CSC2=O)ccc2c(C(F)(F)F)cc(=O)oc12. The third-order valence-electron chi connectivity index (χ3n) is 4.90. The third kappa shape index (κ3) is 5.41. The molecule has 2 amide bonds. The van der Waals surface area contributed by atoms with Crippen molar-refractivity contribution in [2.75, 3.05) is 18.9 Å². The lowest BCUT2D eigenvalue weighted by atomic mass is 10.0. The molecule has 2 heterocycles. The Bertz CT molecular complexity index is 1020. The van der Waals surface area contributed by atoms with Crippen molar-refractivity contribution >= 4 is 33.9 Å². The number of hydrogen-bond donors (Lipinski definition) is 0. The Balaban J connectivity index is 1.68. The Hall–Kier alpha value is -2.49. The summed E-state index contributed by atoms with van der Waals surface area (Å²) in [5.41, 5.74) is -1.73. The maximum absolute atomic E-state index is 13.3. The number of ether oxygens (including phenoxy) is 1. The van der Waals surface area contributed by atoms with Gasteiger partial charge < -0.3 is 9.15 Å². The summed E-state index contributed by atoms with van der Waals surface area (Å²) in [6.07, 6.45) is -1.65. The highest BCUT2D eigenvalue weighted by Gasteiger charge is 2.34. The van der Waals surface area contributed by atoms with Crippen molar-refractivity contribution < 1.29 is 31.9 Å². The van der Waals surface area contributed by atoms with Crippen molar-refractivity contribution in [2.45, 2.75) is 45.2 Å². The molecule has 0 aliphatic carbocycles. The number of imide groups is 1. The lowest BCUT2D eigenvalue weighted by molar-refractivity contribution is -0.136. The van der Waals surface area contributed by atoms with Crippen molar-refractivity contribution in [3.8, 4) is 5.75 Å². The van der Waals surface area contributed by atoms with Crippen LogP contribution >= 0.6 is 11.8 Å². The van der Waals surface area contributed by atoms with Crippen molar-refractivity contribution in [1.82, 2.24) is 4.90 Å². The van der Waals surface area contributed by atoms with Crippen molar-refractivity contribution in [2.24, 2.45) is 0 Å². The van der Waals surface area contributed by atoms with Crippen LogP contribution in [-0.4, -0.2) is 35.0 Å². The molecule has 0 radical (unpaired) electrons. The van der Waals surface area contributed by atoms with E-state index < -0.39 is 17.4 Å². The van der Waals surface area contributed by atoms with Gasteiger partial charge >= 0.3 is 11.8 Å². The molecule has 0 bridgehead atoms. The first kappa shape index (κ1) is 23.2. The lowest BCUT2D eigenvalue weighted by Crippen LogP contribution is -2.29. The molecule has 1 aliphatic rings. The molecular formula is C21H22F3NO5S. The molecule has 0 spiro atoms. The second-order valence-corrected chi connectivity index (χ2v) is 8.08. The molecule has 31 heavy (non-hydrogen) atoms. The molecule has 0 saturated carbocycles. The maximum Gasteiger partial charge on any atom is 0.417 e. The number of rotatable bonds is 9. The Morgan fingerprint density at radius 1 is 1.16 bits per heavy atom. The van der Waals surface area contributed by atoms with E-state index in [0.717, 1.165) is 11.8 Å². The smallest absolute Gasteiger partial charge is 0.417 e. The number of hydrogen-bond acceptors (Lipinski definition) is 6. The third-order valence-corrected chi connectivity index (χ3v) is 5.76. The van der Waals surface area contributed by atoms with Gasteiger partial charge in [0.25, 0.3) is 5.24 Å². The van der Waals surface area contributed by atoms with Gasteiger partial charge in [-0.3, -0.25) is 14.5 Å². The van der Waals surface area contributed by atoms with E-state index >= 15 is 0 Å². The summed E-state index contributed by atoms with van der Waals surface area (Å²) in [5, 5.41) is -0.387. The van der Waals surface area contributed by atoms with Gasteiger partial charge in [-0.25, -0.2) is 4.79 Å². The number of aryl methyl sites for hydroxylation is 1. The summed E-state index contributed by atoms with van der Waals surface area (Å²) in [5.74, 6) is 0.403. The Morgan fingerprint density at radius 3 is 2.58 bits per heavy atom. The zero-order chi connectivity index (χ0) is 22.6. The topological polar surface area (TPSA) is 76.8 Å². The van der Waals surface area contributed by atoms with Gasteiger partial charge in [-0.2, -0.15) is 13.2 Å². The monoisotopic (exact) mass is 457 g/mol. The van der Waals surface area contributed by atoms with Gasteiger partial charge in [-0.1, -0.05) is 25.1 Å². The molecule has 1 aliphatic heterocycles. The van der Waals surface area contributed by atoms with Gasteiger partial charge in [0.2, 0.25) is 5.91 Å². The Morgan fingerprint density at radius 2 is 1.94 bits per heavy atom. The number of thioether (sulfide) groups is 1. The van der Waals surface area contributed by atoms with E-state index in [1.165, 1.54) is 17.0 Å². The van der Waals surface area contributed by atoms with Crippen LogP contribution in [0.1, 0.15) is 43.7 Å². The van der Waals surface area contributed by atoms with Crippen LogP contribution in [0.3, 0.4) is 0 Å². The van der Waals surface area contributed by atoms with Crippen LogP contribution in [0.5, 0.6) is 5.75 Å². The van der Waals surface area contributed by atoms with Crippen LogP contribution in [0.15, 0.2) is 27.4 Å². The standard InChI is InChI=1S/C21H22F3NO5S/c1-2-6-14-16(29-10-5-3-4-9-25-17(26)12-31-20(25)28)8-7-13-15(21(22,23)24)11-18(27)30-19(13)14/h7-8,11H,2-6,9-10,12H2,1H3. The van der Waals surface area contributed by atoms with E-state index in [9.17, 15) is 27.6 Å². The quantitative estimate of drug-likeness (QED) is 0.389. The van der Waals surface area contributed by atoms with Gasteiger partial charge in [-0.15, -0.1) is 0 Å². The highest BCUT2D eigenvalue weighted by Crippen LogP contribution is 2.37. The maximum atomic E-state index is 13.3. The van der Waals surface area contributed by atoms with Crippen LogP contribution < -0.4 is 10.4 Å². The van der Waals surface area contributed by atoms with Crippen LogP contribution in [0.4, 0.5) is 18.0 Å². The van der Waals surface area contributed by atoms with Crippen LogP contribution in [0.2, 0.25) is 0 Å². The van der Waals surface area contributed by atoms with Gasteiger partial charge in [0.1, 0.15) is 11.3 Å². The number of nitrogens with zero attached hydrogens (tertiary/aromatic N) is 1. The molecule has 1 saturated heterocycles. The van der Waals surface area contributed by atoms with E-state index in [2.05, 4.69) is 0 Å². The number of carbonyl (C=O) groups excluding carboxylic acids is 2. The van der Waals surface area contributed by atoms with Gasteiger partial charge in [0, 0.05) is 23.6 Å². The second kappa shape index (κ2) is 9.76. The minimum absolute atomic E-state index is 0.0947. The number of unbranched alkanes of at least 4 members (excludes halogenated alkanes) is 2. The van der Waals surface area contributed by atoms with Crippen molar-refractivity contribution in [1.29, 1.82) is 0 Å². The van der Waals surface area contributed by atoms with Crippen molar-refractivity contribution in [3.05, 3.63) is 39.7 Å². The molecule has 168 valence electrons. The zero-order valence-corrected chi connectivity index (χ0v) is 17.7. The van der Waals surface area contributed by atoms with Gasteiger partial charge in [0.15, 0.2) is 0 Å². The number of amides is 2. The predicted molar refractivity (Wildman–Crippen MR) is 110 cm³/mol. The van der Waals surface area contributed by atoms with Gasteiger partial charge in [-0.05, 0) is 37.8 Å². The molecule has 1 fully saturated rings. The first-order valence-corrected chi connectivity index (χ1v) is 11.0. The average molecular weight is 457 g/mol. The fraction of sp³-hybridized carbons (Fsp3) is 0.476. The number of alkyl halides is 3. The Kier molecular flexibility index (Phi) is 7.30. The molecule has 0 N–H and O–H groups in total. The molecule has 10 heteroatoms. The predicted octanol–water partition coefficient (Wildman–Crippen LogP) is 5.01. The first-order chi connectivity index (χ1) is 14.7. The largest absolute Gasteiger partial charge is 0.493 e. The molecular weight excluding hydrogens is 435 g/mol. The molecule has 0 atom stereocenters. The summed E-state index contributed by atoms with van der Waals surface area (Å²) in [6.45, 7) is 2.54. The normalized spacial score (nSPS) is 14.6. The number of benzene rings is 1. The summed E-state index contributed by atoms with van der Waals surface area (Å²) >= 11 is 1.00. The fourth-order valence-electron chi connectivity index (χ4n) is 3.45. The number of carbonyl (C=O) groups is 2. The van der Waals surface area contributed by atoms with E-state index in [4.69, 9.17) is 9.15 Å². The van der Waals surface area contributed by atoms with Crippen LogP contribution in [-0.2, 0) is 17.4 Å². The molecule has 6 nitrogen and oxygen atoms in total. The van der Waals surface area contributed by atoms with Crippen molar-refractivity contribution in [3.63, 3.8) is 0 Å². The van der Waals surface area contributed by atoms with E-state index in [-0.39, 0.29) is 27.9 Å². The van der Waals surface area contributed by atoms with E-state index in [1.807, 2.05) is 6.92 Å². The second-order valence-electron chi connectivity index (χ2n) is 7.15. The molecule has 1 aromatic heterocycles. The van der Waals surface area contributed by atoms with Crippen LogP contribution in [0, 0.1) is 0 Å². The summed E-state index contributed by atoms with van der Waals surface area (Å²) in [7, 11) is 0. The minimum Gasteiger partial charge on any atom is -0.493 e.